The summed E-state index contributed by atoms with van der Waals surface area (Å²) >= 11 is 0. The Morgan fingerprint density at radius 3 is 1.40 bits per heavy atom. The van der Waals surface area contributed by atoms with Gasteiger partial charge in [0.2, 0.25) is 0 Å². The molecule has 0 radical (unpaired) electrons. The fourth-order valence-electron chi connectivity index (χ4n) is 4.55. The van der Waals surface area contributed by atoms with Gasteiger partial charge in [0.15, 0.2) is 0 Å². The molecule has 0 atom stereocenters. The fraction of sp³-hybridized carbons (Fsp3) is 0.308. The standard InChI is InChI=1S/C26H32BN3/c1-17-9-11-24(12-10-17)28-29-30(8)27(25-20(4)13-18(2)14-21(25)5)26-22(6)15-19(3)16-23(26)7/h9-16H,1-8H3. The van der Waals surface area contributed by atoms with E-state index >= 15 is 0 Å². The van der Waals surface area contributed by atoms with Crippen LogP contribution in [0.15, 0.2) is 58.9 Å². The normalized spacial score (nSPS) is 11.2. The van der Waals surface area contributed by atoms with Crippen molar-refractivity contribution in [2.24, 2.45) is 10.3 Å². The van der Waals surface area contributed by atoms with Gasteiger partial charge < -0.3 is 4.92 Å². The second-order valence-electron chi connectivity index (χ2n) is 8.63. The molecule has 0 aliphatic carbocycles. The second-order valence-corrected chi connectivity index (χ2v) is 8.63. The molecule has 0 saturated carbocycles. The molecule has 3 aromatic rings. The maximum absolute atomic E-state index is 4.64. The molecular weight excluding hydrogens is 365 g/mol. The highest BCUT2D eigenvalue weighted by atomic mass is 15.5. The Balaban J connectivity index is 2.14. The van der Waals surface area contributed by atoms with Crippen LogP contribution in [0.5, 0.6) is 0 Å². The number of hydrogen-bond acceptors (Lipinski definition) is 2. The number of aryl methyl sites for hydroxylation is 7. The molecule has 30 heavy (non-hydrogen) atoms. The van der Waals surface area contributed by atoms with Crippen molar-refractivity contribution in [3.8, 4) is 0 Å². The Kier molecular flexibility index (Phi) is 6.45. The van der Waals surface area contributed by atoms with Crippen molar-refractivity contribution < 1.29 is 0 Å². The predicted molar refractivity (Wildman–Crippen MR) is 130 cm³/mol. The second kappa shape index (κ2) is 8.87. The van der Waals surface area contributed by atoms with Crippen molar-refractivity contribution in [2.75, 3.05) is 7.05 Å². The van der Waals surface area contributed by atoms with Gasteiger partial charge in [-0.15, -0.1) is 5.11 Å². The van der Waals surface area contributed by atoms with Crippen molar-refractivity contribution in [1.29, 1.82) is 0 Å². The molecule has 3 aromatic carbocycles. The summed E-state index contributed by atoms with van der Waals surface area (Å²) in [5.74, 6) is 0. The van der Waals surface area contributed by atoms with Crippen LogP contribution in [0.2, 0.25) is 0 Å². The number of nitrogens with zero attached hydrogens (tertiary/aromatic N) is 3. The van der Waals surface area contributed by atoms with Gasteiger partial charge in [-0.05, 0) is 71.5 Å². The molecule has 0 saturated heterocycles. The molecule has 0 unspecified atom stereocenters. The van der Waals surface area contributed by atoms with Gasteiger partial charge >= 0.3 is 6.85 Å². The van der Waals surface area contributed by atoms with Crippen LogP contribution in [0.1, 0.15) is 38.9 Å². The van der Waals surface area contributed by atoms with Crippen LogP contribution < -0.4 is 10.9 Å². The van der Waals surface area contributed by atoms with E-state index in [4.69, 9.17) is 0 Å². The number of benzene rings is 3. The van der Waals surface area contributed by atoms with Crippen LogP contribution in [0.3, 0.4) is 0 Å². The van der Waals surface area contributed by atoms with E-state index in [2.05, 4.69) is 95.2 Å². The van der Waals surface area contributed by atoms with Gasteiger partial charge in [-0.2, -0.15) is 0 Å². The van der Waals surface area contributed by atoms with Crippen molar-refractivity contribution in [1.82, 2.24) is 4.92 Å². The lowest BCUT2D eigenvalue weighted by molar-refractivity contribution is 0.534. The summed E-state index contributed by atoms with van der Waals surface area (Å²) in [6, 6.07) is 17.2. The van der Waals surface area contributed by atoms with E-state index in [0.29, 0.717) is 0 Å². The monoisotopic (exact) mass is 397 g/mol. The first-order valence-corrected chi connectivity index (χ1v) is 10.5. The van der Waals surface area contributed by atoms with Gasteiger partial charge in [0.1, 0.15) is 0 Å². The van der Waals surface area contributed by atoms with Gasteiger partial charge in [-0.3, -0.25) is 0 Å². The van der Waals surface area contributed by atoms with Crippen LogP contribution in [0.25, 0.3) is 0 Å². The summed E-state index contributed by atoms with van der Waals surface area (Å²) in [5.41, 5.74) is 12.4. The highest BCUT2D eigenvalue weighted by Gasteiger charge is 2.31. The first-order valence-electron chi connectivity index (χ1n) is 10.5. The third kappa shape index (κ3) is 4.64. The van der Waals surface area contributed by atoms with Crippen LogP contribution in [-0.2, 0) is 0 Å². The lowest BCUT2D eigenvalue weighted by atomic mass is 9.46. The van der Waals surface area contributed by atoms with Crippen LogP contribution in [0.4, 0.5) is 5.69 Å². The lowest BCUT2D eigenvalue weighted by Gasteiger charge is -2.28. The van der Waals surface area contributed by atoms with Gasteiger partial charge in [0, 0.05) is 7.05 Å². The van der Waals surface area contributed by atoms with Crippen LogP contribution >= 0.6 is 0 Å². The van der Waals surface area contributed by atoms with Crippen molar-refractivity contribution >= 4 is 23.5 Å². The third-order valence-corrected chi connectivity index (χ3v) is 5.73. The van der Waals surface area contributed by atoms with E-state index in [1.807, 2.05) is 24.1 Å². The van der Waals surface area contributed by atoms with E-state index in [0.717, 1.165) is 5.69 Å². The minimum absolute atomic E-state index is 0.000369. The quantitative estimate of drug-likeness (QED) is 0.314. The highest BCUT2D eigenvalue weighted by molar-refractivity contribution is 6.84. The molecule has 3 nitrogen and oxygen atoms in total. The molecule has 0 aliphatic heterocycles. The fourth-order valence-corrected chi connectivity index (χ4v) is 4.55. The minimum atomic E-state index is 0.000369. The Morgan fingerprint density at radius 2 is 1.00 bits per heavy atom. The molecule has 0 bridgehead atoms. The smallest absolute Gasteiger partial charge is 0.314 e. The van der Waals surface area contributed by atoms with Crippen molar-refractivity contribution in [2.45, 2.75) is 48.5 Å². The van der Waals surface area contributed by atoms with E-state index in [1.165, 1.54) is 49.9 Å². The average Bonchev–Trinajstić information content (AvgIpc) is 2.64. The molecule has 4 heteroatoms. The van der Waals surface area contributed by atoms with Gasteiger partial charge in [-0.1, -0.05) is 80.6 Å². The lowest BCUT2D eigenvalue weighted by Crippen LogP contribution is -2.56. The summed E-state index contributed by atoms with van der Waals surface area (Å²) in [4.78, 5) is 2.01. The number of rotatable bonds is 5. The average molecular weight is 397 g/mol. The first-order chi connectivity index (χ1) is 14.2. The Labute approximate surface area is 181 Å². The highest BCUT2D eigenvalue weighted by Crippen LogP contribution is 2.17. The molecule has 0 heterocycles. The van der Waals surface area contributed by atoms with Crippen LogP contribution in [0, 0.1) is 48.5 Å². The zero-order chi connectivity index (χ0) is 22.0. The topological polar surface area (TPSA) is 28.0 Å². The molecule has 0 N–H and O–H groups in total. The van der Waals surface area contributed by atoms with E-state index in [1.54, 1.807) is 0 Å². The Hall–Kier alpha value is -2.88. The van der Waals surface area contributed by atoms with Crippen molar-refractivity contribution in [3.63, 3.8) is 0 Å². The van der Waals surface area contributed by atoms with Crippen molar-refractivity contribution in [3.05, 3.63) is 87.5 Å². The van der Waals surface area contributed by atoms with E-state index < -0.39 is 0 Å². The Bertz CT molecular complexity index is 980. The molecule has 154 valence electrons. The maximum atomic E-state index is 4.64. The minimum Gasteiger partial charge on any atom is -0.314 e. The summed E-state index contributed by atoms with van der Waals surface area (Å²) in [5, 5.41) is 9.17. The molecule has 3 rings (SSSR count). The van der Waals surface area contributed by atoms with E-state index in [9.17, 15) is 0 Å². The zero-order valence-electron chi connectivity index (χ0n) is 19.5. The Morgan fingerprint density at radius 1 is 0.600 bits per heavy atom. The zero-order valence-corrected chi connectivity index (χ0v) is 19.5. The van der Waals surface area contributed by atoms with Crippen LogP contribution in [-0.4, -0.2) is 18.8 Å². The molecule has 0 aliphatic rings. The predicted octanol–water partition coefficient (Wildman–Crippen LogP) is 5.58. The molecule has 0 spiro atoms. The molecule has 0 amide bonds. The van der Waals surface area contributed by atoms with E-state index in [-0.39, 0.29) is 6.85 Å². The maximum Gasteiger partial charge on any atom is 0.345 e. The summed E-state index contributed by atoms with van der Waals surface area (Å²) in [7, 11) is 2.03. The largest absolute Gasteiger partial charge is 0.345 e. The number of hydrogen-bond donors (Lipinski definition) is 0. The summed E-state index contributed by atoms with van der Waals surface area (Å²) in [6.45, 7) is 15.2. The molecule has 0 fully saturated rings. The SMILES string of the molecule is Cc1ccc(N=NN(C)B(c2c(C)cc(C)cc2C)c2c(C)cc(C)cc2C)cc1. The van der Waals surface area contributed by atoms with Gasteiger partial charge in [-0.25, -0.2) is 0 Å². The molecular formula is C26H32BN3. The first kappa shape index (κ1) is 21.8. The third-order valence-electron chi connectivity index (χ3n) is 5.73. The molecule has 0 aromatic heterocycles. The van der Waals surface area contributed by atoms with Gasteiger partial charge in [0.25, 0.3) is 0 Å². The summed E-state index contributed by atoms with van der Waals surface area (Å²) < 4.78 is 0. The van der Waals surface area contributed by atoms with Gasteiger partial charge in [0.05, 0.1) is 5.69 Å². The summed E-state index contributed by atoms with van der Waals surface area (Å²) in [6.07, 6.45) is 0.